The number of nitriles is 1. The van der Waals surface area contributed by atoms with E-state index in [1.54, 1.807) is 23.1 Å². The van der Waals surface area contributed by atoms with E-state index >= 15 is 0 Å². The Morgan fingerprint density at radius 2 is 1.94 bits per heavy atom. The fourth-order valence-electron chi connectivity index (χ4n) is 3.57. The van der Waals surface area contributed by atoms with Crippen LogP contribution >= 0.6 is 0 Å². The zero-order chi connectivity index (χ0) is 22.9. The van der Waals surface area contributed by atoms with E-state index in [4.69, 9.17) is 4.74 Å². The van der Waals surface area contributed by atoms with Gasteiger partial charge in [-0.05, 0) is 24.2 Å². The Morgan fingerprint density at radius 1 is 1.12 bits per heavy atom. The minimum Gasteiger partial charge on any atom is -0.361 e. The van der Waals surface area contributed by atoms with Crippen molar-refractivity contribution in [3.63, 3.8) is 0 Å². The lowest BCUT2D eigenvalue weighted by Crippen LogP contribution is -2.22. The number of rotatable bonds is 7. The van der Waals surface area contributed by atoms with Crippen LogP contribution in [0.5, 0.6) is 0 Å². The Kier molecular flexibility index (Phi) is 5.91. The monoisotopic (exact) mass is 448 g/mol. The van der Waals surface area contributed by atoms with Gasteiger partial charge in [0.15, 0.2) is 0 Å². The van der Waals surface area contributed by atoms with Crippen LogP contribution in [0.2, 0.25) is 25.7 Å². The maximum absolute atomic E-state index is 13.4. The summed E-state index contributed by atoms with van der Waals surface area (Å²) in [5, 5.41) is 14.8. The summed E-state index contributed by atoms with van der Waals surface area (Å²) in [6, 6.07) is 8.18. The third kappa shape index (κ3) is 4.47. The molecule has 0 aromatic carbocycles. The first-order valence-corrected chi connectivity index (χ1v) is 14.1. The minimum atomic E-state index is -1.21. The number of fused-ring (bicyclic) bond motifs is 1. The predicted molar refractivity (Wildman–Crippen MR) is 124 cm³/mol. The van der Waals surface area contributed by atoms with Gasteiger partial charge in [-0.3, -0.25) is 4.68 Å². The third-order valence-electron chi connectivity index (χ3n) is 5.28. The molecule has 0 unspecified atom stereocenters. The second-order valence-electron chi connectivity index (χ2n) is 8.97. The zero-order valence-corrected chi connectivity index (χ0v) is 19.6. The highest BCUT2D eigenvalue weighted by Gasteiger charge is 2.20. The molecule has 32 heavy (non-hydrogen) atoms. The van der Waals surface area contributed by atoms with Crippen molar-refractivity contribution in [2.75, 3.05) is 6.61 Å². The fourth-order valence-corrected chi connectivity index (χ4v) is 4.33. The smallest absolute Gasteiger partial charge is 0.212 e. The third-order valence-corrected chi connectivity index (χ3v) is 6.98. The first kappa shape index (κ1) is 21.9. The molecule has 0 bridgehead atoms. The SMILES string of the molecule is Cn1cc(-c2cc3c(-c4ccc(F)nc4)c(C#N)cnc3n2COCC[Si](C)(C)C)cn1. The second kappa shape index (κ2) is 8.65. The summed E-state index contributed by atoms with van der Waals surface area (Å²) < 4.78 is 23.2. The van der Waals surface area contributed by atoms with Gasteiger partial charge in [0.25, 0.3) is 0 Å². The Hall–Kier alpha value is -3.35. The van der Waals surface area contributed by atoms with E-state index in [0.29, 0.717) is 35.7 Å². The van der Waals surface area contributed by atoms with Gasteiger partial charge in [-0.1, -0.05) is 19.6 Å². The van der Waals surface area contributed by atoms with Crippen molar-refractivity contribution in [2.45, 2.75) is 32.4 Å². The van der Waals surface area contributed by atoms with Gasteiger partial charge in [-0.25, -0.2) is 9.97 Å². The fraction of sp³-hybridized carbons (Fsp3) is 0.304. The minimum absolute atomic E-state index is 0.332. The van der Waals surface area contributed by atoms with Gasteiger partial charge in [-0.2, -0.15) is 14.8 Å². The molecular weight excluding hydrogens is 423 g/mol. The molecule has 0 saturated heterocycles. The number of pyridine rings is 2. The molecule has 0 spiro atoms. The number of nitrogens with zero attached hydrogens (tertiary/aromatic N) is 6. The molecule has 0 N–H and O–H groups in total. The van der Waals surface area contributed by atoms with E-state index in [-0.39, 0.29) is 0 Å². The van der Waals surface area contributed by atoms with Crippen LogP contribution in [0.3, 0.4) is 0 Å². The quantitative estimate of drug-likeness (QED) is 0.230. The first-order chi connectivity index (χ1) is 15.3. The standard InChI is InChI=1S/C23H25FN6OSi/c1-29-14-18(13-28-29)20-9-19-22(16-5-6-21(24)26-11-16)17(10-25)12-27-23(19)30(20)15-31-7-8-32(2,3)4/h5-6,9,11-14H,7-8,15H2,1-4H3. The van der Waals surface area contributed by atoms with Gasteiger partial charge in [0.05, 0.1) is 17.5 Å². The van der Waals surface area contributed by atoms with Crippen molar-refractivity contribution < 1.29 is 9.13 Å². The van der Waals surface area contributed by atoms with E-state index in [9.17, 15) is 9.65 Å². The van der Waals surface area contributed by atoms with Crippen molar-refractivity contribution >= 4 is 19.1 Å². The molecule has 0 atom stereocenters. The van der Waals surface area contributed by atoms with Gasteiger partial charge < -0.3 is 9.30 Å². The molecule has 0 aliphatic heterocycles. The molecule has 0 radical (unpaired) electrons. The Morgan fingerprint density at radius 3 is 2.56 bits per heavy atom. The molecule has 4 heterocycles. The molecule has 9 heteroatoms. The first-order valence-electron chi connectivity index (χ1n) is 10.4. The summed E-state index contributed by atoms with van der Waals surface area (Å²) in [5.41, 5.74) is 4.23. The van der Waals surface area contributed by atoms with Crippen LogP contribution in [-0.4, -0.2) is 39.0 Å². The molecule has 0 saturated carbocycles. The molecule has 4 aromatic heterocycles. The van der Waals surface area contributed by atoms with Crippen LogP contribution in [0.4, 0.5) is 4.39 Å². The number of hydrogen-bond donors (Lipinski definition) is 0. The number of ether oxygens (including phenoxy) is 1. The summed E-state index contributed by atoms with van der Waals surface area (Å²) in [5.74, 6) is -0.568. The maximum atomic E-state index is 13.4. The second-order valence-corrected chi connectivity index (χ2v) is 14.6. The van der Waals surface area contributed by atoms with Crippen LogP contribution in [0, 0.1) is 17.3 Å². The normalized spacial score (nSPS) is 11.8. The van der Waals surface area contributed by atoms with E-state index in [1.807, 2.05) is 23.9 Å². The van der Waals surface area contributed by atoms with E-state index in [2.05, 4.69) is 40.8 Å². The Labute approximate surface area is 187 Å². The van der Waals surface area contributed by atoms with Gasteiger partial charge in [-0.15, -0.1) is 0 Å². The van der Waals surface area contributed by atoms with E-state index < -0.39 is 14.0 Å². The molecule has 0 amide bonds. The van der Waals surface area contributed by atoms with Crippen LogP contribution in [0.25, 0.3) is 33.4 Å². The highest BCUT2D eigenvalue weighted by Crippen LogP contribution is 2.35. The number of aromatic nitrogens is 5. The summed E-state index contributed by atoms with van der Waals surface area (Å²) in [6.45, 7) is 7.95. The molecule has 0 aliphatic rings. The highest BCUT2D eigenvalue weighted by molar-refractivity contribution is 6.76. The topological polar surface area (TPSA) is 81.5 Å². The van der Waals surface area contributed by atoms with Crippen molar-refractivity contribution in [1.29, 1.82) is 5.26 Å². The molecule has 4 aromatic rings. The molecule has 0 aliphatic carbocycles. The largest absolute Gasteiger partial charge is 0.361 e. The molecular formula is C23H25FN6OSi. The highest BCUT2D eigenvalue weighted by atomic mass is 28.3. The van der Waals surface area contributed by atoms with Crippen molar-refractivity contribution in [1.82, 2.24) is 24.3 Å². The molecule has 0 fully saturated rings. The molecule has 4 rings (SSSR count). The lowest BCUT2D eigenvalue weighted by molar-refractivity contribution is 0.0909. The molecule has 164 valence electrons. The molecule has 7 nitrogen and oxygen atoms in total. The maximum Gasteiger partial charge on any atom is 0.212 e. The van der Waals surface area contributed by atoms with Gasteiger partial charge in [0, 0.05) is 62.4 Å². The van der Waals surface area contributed by atoms with E-state index in [1.165, 1.54) is 12.3 Å². The van der Waals surface area contributed by atoms with Gasteiger partial charge >= 0.3 is 0 Å². The van der Waals surface area contributed by atoms with Gasteiger partial charge in [0.1, 0.15) is 18.4 Å². The Bertz CT molecular complexity index is 1300. The van der Waals surface area contributed by atoms with Crippen LogP contribution < -0.4 is 0 Å². The van der Waals surface area contributed by atoms with Crippen LogP contribution in [0.1, 0.15) is 5.56 Å². The van der Waals surface area contributed by atoms with Crippen molar-refractivity contribution in [3.8, 4) is 28.5 Å². The summed E-state index contributed by atoms with van der Waals surface area (Å²) >= 11 is 0. The zero-order valence-electron chi connectivity index (χ0n) is 18.6. The Balaban J connectivity index is 1.85. The number of halogens is 1. The lowest BCUT2D eigenvalue weighted by atomic mass is 10.0. The summed E-state index contributed by atoms with van der Waals surface area (Å²) in [6.07, 6.45) is 6.71. The van der Waals surface area contributed by atoms with E-state index in [0.717, 1.165) is 22.7 Å². The summed E-state index contributed by atoms with van der Waals surface area (Å²) in [4.78, 5) is 8.36. The lowest BCUT2D eigenvalue weighted by Gasteiger charge is -2.16. The van der Waals surface area contributed by atoms with Crippen LogP contribution in [0.15, 0.2) is 43.0 Å². The number of hydrogen-bond acceptors (Lipinski definition) is 5. The average Bonchev–Trinajstić information content (AvgIpc) is 3.34. The average molecular weight is 449 g/mol. The summed E-state index contributed by atoms with van der Waals surface area (Å²) in [7, 11) is 0.650. The predicted octanol–water partition coefficient (Wildman–Crippen LogP) is 4.82. The van der Waals surface area contributed by atoms with Gasteiger partial charge in [0.2, 0.25) is 5.95 Å². The van der Waals surface area contributed by atoms with Crippen molar-refractivity contribution in [2.24, 2.45) is 7.05 Å². The van der Waals surface area contributed by atoms with Crippen LogP contribution in [-0.2, 0) is 18.5 Å². The van der Waals surface area contributed by atoms with Crippen molar-refractivity contribution in [3.05, 3.63) is 54.5 Å². The number of aryl methyl sites for hydroxylation is 1.